The van der Waals surface area contributed by atoms with E-state index in [0.29, 0.717) is 11.4 Å². The summed E-state index contributed by atoms with van der Waals surface area (Å²) < 4.78 is 89.2. The van der Waals surface area contributed by atoms with Gasteiger partial charge in [-0.1, -0.05) is 6.07 Å². The van der Waals surface area contributed by atoms with Gasteiger partial charge in [-0.25, -0.2) is 0 Å². The second kappa shape index (κ2) is 6.77. The van der Waals surface area contributed by atoms with Crippen LogP contribution in [0.2, 0.25) is 0 Å². The number of halogens is 7. The molecule has 2 rings (SSSR count). The Hall–Kier alpha value is -1.91. The van der Waals surface area contributed by atoms with E-state index >= 15 is 0 Å². The van der Waals surface area contributed by atoms with Crippen LogP contribution in [0.15, 0.2) is 24.5 Å². The molecule has 0 aliphatic carbocycles. The molecular formula is C14H14F7N3O. The Balaban J connectivity index is 1.99. The van der Waals surface area contributed by atoms with Crippen LogP contribution >= 0.6 is 0 Å². The van der Waals surface area contributed by atoms with Crippen LogP contribution in [0.1, 0.15) is 5.56 Å². The first-order valence-corrected chi connectivity index (χ1v) is 7.20. The number of amides is 1. The molecule has 4 nitrogen and oxygen atoms in total. The molecule has 0 atom stereocenters. The number of piperazine rings is 1. The van der Waals surface area contributed by atoms with Crippen LogP contribution in [0, 0.1) is 0 Å². The van der Waals surface area contributed by atoms with E-state index in [1.165, 1.54) is 0 Å². The van der Waals surface area contributed by atoms with E-state index in [2.05, 4.69) is 4.98 Å². The molecule has 1 aromatic rings. The highest BCUT2D eigenvalue weighted by Crippen LogP contribution is 2.47. The van der Waals surface area contributed by atoms with Crippen molar-refractivity contribution < 1.29 is 35.5 Å². The molecule has 25 heavy (non-hydrogen) atoms. The summed E-state index contributed by atoms with van der Waals surface area (Å²) in [5.74, 6) is -14.8. The van der Waals surface area contributed by atoms with Gasteiger partial charge in [-0.2, -0.15) is 30.7 Å². The molecule has 1 aliphatic heterocycles. The highest BCUT2D eigenvalue weighted by molar-refractivity contribution is 5.85. The van der Waals surface area contributed by atoms with E-state index in [-0.39, 0.29) is 26.2 Å². The molecule has 1 amide bonds. The Kier molecular flexibility index (Phi) is 5.26. The smallest absolute Gasteiger partial charge is 0.335 e. The van der Waals surface area contributed by atoms with E-state index in [0.717, 1.165) is 5.56 Å². The average Bonchev–Trinajstić information content (AvgIpc) is 2.54. The molecule has 1 aromatic heterocycles. The Bertz CT molecular complexity index is 598. The van der Waals surface area contributed by atoms with E-state index in [9.17, 15) is 35.5 Å². The van der Waals surface area contributed by atoms with Crippen LogP contribution in [0.4, 0.5) is 30.7 Å². The van der Waals surface area contributed by atoms with Gasteiger partial charge >= 0.3 is 18.0 Å². The fraction of sp³-hybridized carbons (Fsp3) is 0.571. The molecular weight excluding hydrogens is 359 g/mol. The van der Waals surface area contributed by atoms with E-state index in [1.807, 2.05) is 0 Å². The second-order valence-electron chi connectivity index (χ2n) is 5.58. The maximum absolute atomic E-state index is 13.4. The van der Waals surface area contributed by atoms with Crippen molar-refractivity contribution in [3.63, 3.8) is 0 Å². The average molecular weight is 373 g/mol. The third-order valence-corrected chi connectivity index (χ3v) is 3.81. The normalized spacial score (nSPS) is 17.6. The molecule has 1 saturated heterocycles. The first kappa shape index (κ1) is 19.4. The van der Waals surface area contributed by atoms with E-state index in [4.69, 9.17) is 0 Å². The molecule has 0 aromatic carbocycles. The lowest BCUT2D eigenvalue weighted by Crippen LogP contribution is -2.62. The second-order valence-corrected chi connectivity index (χ2v) is 5.58. The zero-order valence-electron chi connectivity index (χ0n) is 12.7. The van der Waals surface area contributed by atoms with Crippen LogP contribution in [0.5, 0.6) is 0 Å². The van der Waals surface area contributed by atoms with Gasteiger partial charge in [0, 0.05) is 45.1 Å². The number of pyridine rings is 1. The van der Waals surface area contributed by atoms with Gasteiger partial charge in [0.15, 0.2) is 0 Å². The molecule has 0 unspecified atom stereocenters. The van der Waals surface area contributed by atoms with Crippen LogP contribution < -0.4 is 0 Å². The van der Waals surface area contributed by atoms with Gasteiger partial charge in [0.1, 0.15) is 0 Å². The minimum atomic E-state index is -6.52. The van der Waals surface area contributed by atoms with Crippen molar-refractivity contribution in [3.05, 3.63) is 30.1 Å². The van der Waals surface area contributed by atoms with Gasteiger partial charge in [-0.05, 0) is 11.6 Å². The van der Waals surface area contributed by atoms with Gasteiger partial charge in [0.2, 0.25) is 0 Å². The fourth-order valence-electron chi connectivity index (χ4n) is 2.37. The van der Waals surface area contributed by atoms with Crippen molar-refractivity contribution in [3.8, 4) is 0 Å². The van der Waals surface area contributed by atoms with Gasteiger partial charge in [-0.15, -0.1) is 0 Å². The first-order valence-electron chi connectivity index (χ1n) is 7.20. The van der Waals surface area contributed by atoms with Crippen LogP contribution in [-0.2, 0) is 11.3 Å². The number of rotatable bonds is 4. The molecule has 0 spiro atoms. The standard InChI is InChI=1S/C14H14F7N3O/c15-12(16,13(17,18)14(19,20)21)11(25)24-6-4-23(5-7-24)9-10-2-1-3-22-8-10/h1-3,8H,4-7,9H2. The quantitative estimate of drug-likeness (QED) is 0.762. The number of hydrogen-bond donors (Lipinski definition) is 0. The lowest BCUT2D eigenvalue weighted by Gasteiger charge is -2.37. The third kappa shape index (κ3) is 3.86. The van der Waals surface area contributed by atoms with Crippen molar-refractivity contribution in [1.29, 1.82) is 0 Å². The lowest BCUT2D eigenvalue weighted by molar-refractivity contribution is -0.346. The fourth-order valence-corrected chi connectivity index (χ4v) is 2.37. The number of alkyl halides is 7. The minimum absolute atomic E-state index is 0.0638. The third-order valence-electron chi connectivity index (χ3n) is 3.81. The van der Waals surface area contributed by atoms with Crippen molar-refractivity contribution in [2.45, 2.75) is 24.6 Å². The summed E-state index contributed by atoms with van der Waals surface area (Å²) in [7, 11) is 0. The summed E-state index contributed by atoms with van der Waals surface area (Å²) in [5, 5.41) is 0. The number of nitrogens with zero attached hydrogens (tertiary/aromatic N) is 3. The maximum Gasteiger partial charge on any atom is 0.460 e. The number of carbonyl (C=O) groups is 1. The highest BCUT2D eigenvalue weighted by atomic mass is 19.4. The Morgan fingerprint density at radius 2 is 1.64 bits per heavy atom. The zero-order chi connectivity index (χ0) is 18.9. The molecule has 1 aliphatic rings. The predicted molar refractivity (Wildman–Crippen MR) is 72.0 cm³/mol. The van der Waals surface area contributed by atoms with Gasteiger partial charge in [0.25, 0.3) is 5.91 Å². The summed E-state index contributed by atoms with van der Waals surface area (Å²) >= 11 is 0. The molecule has 0 saturated carbocycles. The Morgan fingerprint density at radius 3 is 2.12 bits per heavy atom. The van der Waals surface area contributed by atoms with Crippen LogP contribution in [0.3, 0.4) is 0 Å². The van der Waals surface area contributed by atoms with Crippen molar-refractivity contribution in [2.75, 3.05) is 26.2 Å². The number of carbonyl (C=O) groups excluding carboxylic acids is 1. The largest absolute Gasteiger partial charge is 0.460 e. The van der Waals surface area contributed by atoms with Crippen LogP contribution in [0.25, 0.3) is 0 Å². The summed E-state index contributed by atoms with van der Waals surface area (Å²) in [6.07, 6.45) is -3.38. The SMILES string of the molecule is O=C(N1CCN(Cc2cccnc2)CC1)C(F)(F)C(F)(F)C(F)(F)F. The van der Waals surface area contributed by atoms with E-state index < -0.39 is 23.9 Å². The molecule has 0 radical (unpaired) electrons. The van der Waals surface area contributed by atoms with Crippen molar-refractivity contribution >= 4 is 5.91 Å². The Morgan fingerprint density at radius 1 is 1.04 bits per heavy atom. The summed E-state index contributed by atoms with van der Waals surface area (Å²) in [4.78, 5) is 17.5. The first-order chi connectivity index (χ1) is 11.5. The number of hydrogen-bond acceptors (Lipinski definition) is 3. The molecule has 11 heteroatoms. The summed E-state index contributed by atoms with van der Waals surface area (Å²) in [6, 6.07) is 3.46. The molecule has 1 fully saturated rings. The van der Waals surface area contributed by atoms with Gasteiger partial charge < -0.3 is 4.90 Å². The van der Waals surface area contributed by atoms with Crippen LogP contribution in [-0.4, -0.2) is 64.9 Å². The maximum atomic E-state index is 13.4. The highest BCUT2D eigenvalue weighted by Gasteiger charge is 2.76. The van der Waals surface area contributed by atoms with E-state index in [1.54, 1.807) is 29.4 Å². The van der Waals surface area contributed by atoms with Gasteiger partial charge in [0.05, 0.1) is 0 Å². The molecule has 0 N–H and O–H groups in total. The molecule has 2 heterocycles. The Labute approximate surface area is 138 Å². The predicted octanol–water partition coefficient (Wildman–Crippen LogP) is 2.56. The van der Waals surface area contributed by atoms with Gasteiger partial charge in [-0.3, -0.25) is 14.7 Å². The van der Waals surface area contributed by atoms with Crippen molar-refractivity contribution in [1.82, 2.24) is 14.8 Å². The molecule has 140 valence electrons. The molecule has 0 bridgehead atoms. The topological polar surface area (TPSA) is 36.4 Å². The summed E-state index contributed by atoms with van der Waals surface area (Å²) in [6.45, 7) is -0.223. The summed E-state index contributed by atoms with van der Waals surface area (Å²) in [5.41, 5.74) is 0.816. The zero-order valence-corrected chi connectivity index (χ0v) is 12.7. The lowest BCUT2D eigenvalue weighted by atomic mass is 10.1. The van der Waals surface area contributed by atoms with Crippen molar-refractivity contribution in [2.24, 2.45) is 0 Å². The number of aromatic nitrogens is 1. The monoisotopic (exact) mass is 373 g/mol. The minimum Gasteiger partial charge on any atom is -0.335 e.